The van der Waals surface area contributed by atoms with Gasteiger partial charge in [-0.3, -0.25) is 9.13 Å². The minimum atomic E-state index is -2.70. The molecule has 7 nitrogen and oxygen atoms in total. The summed E-state index contributed by atoms with van der Waals surface area (Å²) in [5.41, 5.74) is 3.56. The van der Waals surface area contributed by atoms with Gasteiger partial charge in [0.2, 0.25) is 0 Å². The number of halogens is 2. The maximum atomic E-state index is 14.0. The molecule has 1 unspecified atom stereocenters. The molecule has 4 aromatic rings. The Balaban J connectivity index is 1.71. The van der Waals surface area contributed by atoms with Crippen LogP contribution in [-0.2, 0) is 13.0 Å². The molecular weight excluding hydrogens is 438 g/mol. The number of nitrogens with zero attached hydrogens (tertiary/aromatic N) is 5. The van der Waals surface area contributed by atoms with Crippen molar-refractivity contribution in [1.82, 2.24) is 29.8 Å². The quantitative estimate of drug-likeness (QED) is 0.358. The molecule has 34 heavy (non-hydrogen) atoms. The van der Waals surface area contributed by atoms with Crippen molar-refractivity contribution in [3.05, 3.63) is 76.0 Å². The van der Waals surface area contributed by atoms with Crippen molar-refractivity contribution < 1.29 is 8.78 Å². The number of imidazole rings is 1. The summed E-state index contributed by atoms with van der Waals surface area (Å²) in [7, 11) is 0. The number of alkyl halides is 2. The van der Waals surface area contributed by atoms with E-state index >= 15 is 0 Å². The number of tetrazole rings is 1. The number of hydrogen-bond donors (Lipinski definition) is 1. The highest BCUT2D eigenvalue weighted by molar-refractivity contribution is 5.80. The Hall–Kier alpha value is -3.62. The van der Waals surface area contributed by atoms with Gasteiger partial charge in [-0.15, -0.1) is 5.10 Å². The van der Waals surface area contributed by atoms with Gasteiger partial charge in [0.1, 0.15) is 5.69 Å². The second-order valence-electron chi connectivity index (χ2n) is 8.37. The van der Waals surface area contributed by atoms with E-state index in [-0.39, 0.29) is 24.0 Å². The highest BCUT2D eigenvalue weighted by atomic mass is 19.3. The molecule has 0 aliphatic carbocycles. The number of nitrogens with one attached hydrogen (secondary N) is 1. The zero-order chi connectivity index (χ0) is 24.2. The van der Waals surface area contributed by atoms with Crippen LogP contribution in [0, 0.1) is 0 Å². The maximum Gasteiger partial charge on any atom is 0.329 e. The van der Waals surface area contributed by atoms with Gasteiger partial charge < -0.3 is 0 Å². The summed E-state index contributed by atoms with van der Waals surface area (Å²) >= 11 is 0. The zero-order valence-electron chi connectivity index (χ0n) is 19.5. The lowest BCUT2D eigenvalue weighted by Crippen LogP contribution is -2.28. The van der Waals surface area contributed by atoms with Crippen LogP contribution < -0.4 is 5.69 Å². The van der Waals surface area contributed by atoms with Crippen LogP contribution in [0.25, 0.3) is 22.5 Å². The van der Waals surface area contributed by atoms with Gasteiger partial charge in [-0.1, -0.05) is 68.8 Å². The highest BCUT2D eigenvalue weighted by Gasteiger charge is 2.27. The van der Waals surface area contributed by atoms with Crippen molar-refractivity contribution in [1.29, 1.82) is 0 Å². The van der Waals surface area contributed by atoms with E-state index in [9.17, 15) is 13.6 Å². The molecule has 1 atom stereocenters. The minimum Gasteiger partial charge on any atom is -0.291 e. The number of rotatable bonds is 9. The van der Waals surface area contributed by atoms with Gasteiger partial charge in [-0.2, -0.15) is 0 Å². The van der Waals surface area contributed by atoms with Crippen molar-refractivity contribution in [3.8, 4) is 22.5 Å². The Kier molecular flexibility index (Phi) is 7.00. The number of hydrogen-bond acceptors (Lipinski definition) is 4. The molecular formula is C25H28F2N6O. The van der Waals surface area contributed by atoms with E-state index in [2.05, 4.69) is 20.6 Å². The van der Waals surface area contributed by atoms with Crippen molar-refractivity contribution >= 4 is 0 Å². The molecule has 9 heteroatoms. The predicted molar refractivity (Wildman–Crippen MR) is 127 cm³/mol. The maximum absolute atomic E-state index is 14.0. The molecule has 2 aromatic carbocycles. The molecule has 0 saturated heterocycles. The molecule has 178 valence electrons. The molecule has 1 N–H and O–H groups in total. The molecule has 0 spiro atoms. The van der Waals surface area contributed by atoms with Crippen LogP contribution in [0.4, 0.5) is 8.78 Å². The number of benzene rings is 2. The lowest BCUT2D eigenvalue weighted by atomic mass is 9.98. The fraction of sp³-hybridized carbons (Fsp3) is 0.360. The lowest BCUT2D eigenvalue weighted by Gasteiger charge is -2.14. The van der Waals surface area contributed by atoms with Crippen LogP contribution in [0.1, 0.15) is 63.0 Å². The largest absolute Gasteiger partial charge is 0.329 e. The first-order valence-corrected chi connectivity index (χ1v) is 11.5. The molecule has 0 amide bonds. The zero-order valence-corrected chi connectivity index (χ0v) is 19.5. The first-order chi connectivity index (χ1) is 16.5. The summed E-state index contributed by atoms with van der Waals surface area (Å²) in [5.74, 6) is 0.571. The van der Waals surface area contributed by atoms with Gasteiger partial charge >= 0.3 is 5.69 Å². The molecule has 0 saturated carbocycles. The van der Waals surface area contributed by atoms with Crippen LogP contribution in [0.5, 0.6) is 0 Å². The van der Waals surface area contributed by atoms with Crippen molar-refractivity contribution in [2.45, 2.75) is 59.0 Å². The van der Waals surface area contributed by atoms with Crippen LogP contribution in [0.2, 0.25) is 0 Å². The minimum absolute atomic E-state index is 0.146. The van der Waals surface area contributed by atoms with Gasteiger partial charge in [0, 0.05) is 17.3 Å². The molecule has 0 radical (unpaired) electrons. The topological polar surface area (TPSA) is 81.4 Å². The Morgan fingerprint density at radius 3 is 2.32 bits per heavy atom. The summed E-state index contributed by atoms with van der Waals surface area (Å²) in [4.78, 5) is 13.2. The fourth-order valence-corrected chi connectivity index (χ4v) is 4.32. The van der Waals surface area contributed by atoms with Gasteiger partial charge in [-0.05, 0) is 46.9 Å². The second kappa shape index (κ2) is 10.1. The third kappa shape index (κ3) is 4.42. The molecule has 0 bridgehead atoms. The smallest absolute Gasteiger partial charge is 0.291 e. The highest BCUT2D eigenvalue weighted by Crippen LogP contribution is 2.31. The van der Waals surface area contributed by atoms with Crippen LogP contribution >= 0.6 is 0 Å². The second-order valence-corrected chi connectivity index (χ2v) is 8.37. The Labute approximate surface area is 196 Å². The fourth-order valence-electron chi connectivity index (χ4n) is 4.32. The van der Waals surface area contributed by atoms with Crippen molar-refractivity contribution in [3.63, 3.8) is 0 Å². The number of H-pyrrole nitrogens is 1. The lowest BCUT2D eigenvalue weighted by molar-refractivity contribution is 0.136. The first kappa shape index (κ1) is 23.5. The number of aromatic amines is 1. The molecule has 0 aliphatic rings. The van der Waals surface area contributed by atoms with Crippen molar-refractivity contribution in [2.24, 2.45) is 0 Å². The first-order valence-electron chi connectivity index (χ1n) is 11.5. The van der Waals surface area contributed by atoms with E-state index in [1.54, 1.807) is 0 Å². The molecule has 0 aliphatic heterocycles. The van der Waals surface area contributed by atoms with Gasteiger partial charge in [0.05, 0.1) is 6.54 Å². The van der Waals surface area contributed by atoms with E-state index in [0.717, 1.165) is 22.3 Å². The predicted octanol–water partition coefficient (Wildman–Crippen LogP) is 5.41. The van der Waals surface area contributed by atoms with E-state index in [0.29, 0.717) is 30.8 Å². The Morgan fingerprint density at radius 2 is 1.74 bits per heavy atom. The van der Waals surface area contributed by atoms with E-state index in [1.165, 1.54) is 9.13 Å². The Morgan fingerprint density at radius 1 is 1.03 bits per heavy atom. The average Bonchev–Trinajstić information content (AvgIpc) is 3.47. The van der Waals surface area contributed by atoms with E-state index in [1.807, 2.05) is 69.3 Å². The summed E-state index contributed by atoms with van der Waals surface area (Å²) in [6, 6.07) is 15.3. The van der Waals surface area contributed by atoms with Gasteiger partial charge in [0.25, 0.3) is 6.43 Å². The van der Waals surface area contributed by atoms with Crippen molar-refractivity contribution in [2.75, 3.05) is 0 Å². The normalized spacial score (nSPS) is 12.4. The SMILES string of the molecule is CCCc1c(C(F)F)n(C(C)CC)c(=O)n1Cc1ccc(-c2ccccc2-c2nnn[nH]2)cc1. The van der Waals surface area contributed by atoms with Crippen LogP contribution in [-0.4, -0.2) is 29.8 Å². The van der Waals surface area contributed by atoms with E-state index < -0.39 is 6.43 Å². The monoisotopic (exact) mass is 466 g/mol. The molecule has 2 heterocycles. The summed E-state index contributed by atoms with van der Waals surface area (Å²) in [6.07, 6.45) is -0.997. The molecule has 2 aromatic heterocycles. The van der Waals surface area contributed by atoms with Crippen LogP contribution in [0.3, 0.4) is 0 Å². The molecule has 0 fully saturated rings. The van der Waals surface area contributed by atoms with Gasteiger partial charge in [0.15, 0.2) is 5.82 Å². The third-order valence-corrected chi connectivity index (χ3v) is 6.18. The summed E-state index contributed by atoms with van der Waals surface area (Å²) in [5, 5.41) is 14.1. The third-order valence-electron chi connectivity index (χ3n) is 6.18. The van der Waals surface area contributed by atoms with E-state index in [4.69, 9.17) is 0 Å². The average molecular weight is 467 g/mol. The summed E-state index contributed by atoms with van der Waals surface area (Å²) < 4.78 is 30.9. The molecule has 4 rings (SSSR count). The van der Waals surface area contributed by atoms with Gasteiger partial charge in [-0.25, -0.2) is 18.7 Å². The summed E-state index contributed by atoms with van der Waals surface area (Å²) in [6.45, 7) is 5.88. The van der Waals surface area contributed by atoms with Crippen LogP contribution in [0.15, 0.2) is 53.3 Å². The standard InChI is InChI=1S/C25H28F2N6O/c1-4-8-21-22(23(26)27)33(16(3)5-2)25(34)32(21)15-17-11-13-18(14-12-17)19-9-6-7-10-20(19)24-28-30-31-29-24/h6-7,9-14,16,23H,4-5,8,15H2,1-3H3,(H,28,29,30,31). The Bertz CT molecular complexity index is 1290. The number of aromatic nitrogens is 6.